The smallest absolute Gasteiger partial charge is 0.211 e. The van der Waals surface area contributed by atoms with E-state index in [1.807, 2.05) is 13.0 Å². The third kappa shape index (κ3) is 3.33. The summed E-state index contributed by atoms with van der Waals surface area (Å²) < 4.78 is 24.6. The zero-order valence-electron chi connectivity index (χ0n) is 12.7. The van der Waals surface area contributed by atoms with Gasteiger partial charge < -0.3 is 0 Å². The van der Waals surface area contributed by atoms with E-state index in [0.29, 0.717) is 19.0 Å². The lowest BCUT2D eigenvalue weighted by Crippen LogP contribution is -2.27. The number of hydrogen-bond donors (Lipinski definition) is 1. The van der Waals surface area contributed by atoms with Gasteiger partial charge in [0.05, 0.1) is 18.1 Å². The second-order valence-electron chi connectivity index (χ2n) is 5.81. The number of nitrogens with one attached hydrogen (secondary N) is 1. The molecule has 1 atom stereocenters. The molecule has 1 aliphatic heterocycles. The topological polar surface area (TPSA) is 91.8 Å². The lowest BCUT2D eigenvalue weighted by molar-refractivity contribution is 0.459. The van der Waals surface area contributed by atoms with Crippen molar-refractivity contribution in [1.29, 1.82) is 0 Å². The van der Waals surface area contributed by atoms with Crippen molar-refractivity contribution in [3.05, 3.63) is 29.8 Å². The molecule has 1 fully saturated rings. The Morgan fingerprint density at radius 1 is 1.32 bits per heavy atom. The van der Waals surface area contributed by atoms with Gasteiger partial charge in [-0.1, -0.05) is 0 Å². The molecule has 7 nitrogen and oxygen atoms in total. The molecule has 0 bridgehead atoms. The molecule has 0 aromatic carbocycles. The van der Waals surface area contributed by atoms with Crippen molar-refractivity contribution in [2.45, 2.75) is 19.8 Å². The Balaban J connectivity index is 1.65. The summed E-state index contributed by atoms with van der Waals surface area (Å²) >= 11 is 0. The van der Waals surface area contributed by atoms with E-state index in [-0.39, 0.29) is 0 Å². The number of rotatable bonds is 4. The Hall–Kier alpha value is -1.80. The molecular weight excluding hydrogens is 302 g/mol. The summed E-state index contributed by atoms with van der Waals surface area (Å²) in [6, 6.07) is 1.92. The van der Waals surface area contributed by atoms with Crippen LogP contribution in [0.3, 0.4) is 0 Å². The summed E-state index contributed by atoms with van der Waals surface area (Å²) in [5.41, 5.74) is 3.38. The molecule has 0 radical (unpaired) electrons. The molecule has 0 aliphatic carbocycles. The number of aromatic amines is 1. The highest BCUT2D eigenvalue weighted by Crippen LogP contribution is 2.22. The first-order valence-electron chi connectivity index (χ1n) is 7.20. The van der Waals surface area contributed by atoms with Crippen LogP contribution in [0, 0.1) is 12.8 Å². The maximum Gasteiger partial charge on any atom is 0.211 e. The molecular formula is C14H19N5O2S. The Labute approximate surface area is 129 Å². The van der Waals surface area contributed by atoms with Crippen LogP contribution in [0.2, 0.25) is 0 Å². The zero-order chi connectivity index (χ0) is 15.7. The predicted molar refractivity (Wildman–Crippen MR) is 82.6 cm³/mol. The molecule has 8 heteroatoms. The van der Waals surface area contributed by atoms with Crippen molar-refractivity contribution >= 4 is 10.0 Å². The molecule has 3 rings (SSSR count). The highest BCUT2D eigenvalue weighted by atomic mass is 32.2. The quantitative estimate of drug-likeness (QED) is 0.907. The van der Waals surface area contributed by atoms with Crippen molar-refractivity contribution in [2.75, 3.05) is 19.3 Å². The second kappa shape index (κ2) is 5.77. The first kappa shape index (κ1) is 15.1. The minimum Gasteiger partial charge on any atom is -0.282 e. The minimum absolute atomic E-state index is 0.308. The van der Waals surface area contributed by atoms with E-state index in [1.54, 1.807) is 12.4 Å². The lowest BCUT2D eigenvalue weighted by atomic mass is 10.0. The zero-order valence-corrected chi connectivity index (χ0v) is 13.5. The molecule has 3 heterocycles. The Kier molecular flexibility index (Phi) is 3.96. The maximum absolute atomic E-state index is 11.5. The van der Waals surface area contributed by atoms with Crippen LogP contribution >= 0.6 is 0 Å². The van der Waals surface area contributed by atoms with Crippen LogP contribution in [0.15, 0.2) is 18.5 Å². The fourth-order valence-electron chi connectivity index (χ4n) is 2.70. The van der Waals surface area contributed by atoms with Crippen molar-refractivity contribution in [3.8, 4) is 11.4 Å². The van der Waals surface area contributed by atoms with Gasteiger partial charge in [0.1, 0.15) is 11.4 Å². The van der Waals surface area contributed by atoms with Crippen LogP contribution in [-0.2, 0) is 16.4 Å². The number of H-pyrrole nitrogens is 1. The third-order valence-corrected chi connectivity index (χ3v) is 5.16. The normalized spacial score (nSPS) is 19.6. The molecule has 2 aromatic rings. The van der Waals surface area contributed by atoms with E-state index >= 15 is 0 Å². The summed E-state index contributed by atoms with van der Waals surface area (Å²) in [5.74, 6) is 0.308. The number of nitrogens with zero attached hydrogens (tertiary/aromatic N) is 4. The maximum atomic E-state index is 11.5. The monoisotopic (exact) mass is 321 g/mol. The number of sulfonamides is 1. The van der Waals surface area contributed by atoms with E-state index in [1.165, 1.54) is 10.6 Å². The summed E-state index contributed by atoms with van der Waals surface area (Å²) in [4.78, 5) is 8.83. The first-order valence-corrected chi connectivity index (χ1v) is 9.05. The molecule has 1 saturated heterocycles. The fraction of sp³-hybridized carbons (Fsp3) is 0.500. The molecule has 0 unspecified atom stereocenters. The largest absolute Gasteiger partial charge is 0.282 e. The van der Waals surface area contributed by atoms with Gasteiger partial charge in [-0.2, -0.15) is 5.10 Å². The second-order valence-corrected chi connectivity index (χ2v) is 7.79. The van der Waals surface area contributed by atoms with Crippen molar-refractivity contribution < 1.29 is 8.42 Å². The number of hydrogen-bond acceptors (Lipinski definition) is 5. The van der Waals surface area contributed by atoms with E-state index in [0.717, 1.165) is 35.6 Å². The van der Waals surface area contributed by atoms with Crippen LogP contribution in [0.1, 0.15) is 17.8 Å². The van der Waals surface area contributed by atoms with Crippen LogP contribution in [0.4, 0.5) is 0 Å². The van der Waals surface area contributed by atoms with Crippen LogP contribution < -0.4 is 0 Å². The van der Waals surface area contributed by atoms with Gasteiger partial charge in [-0.25, -0.2) is 12.7 Å². The Bertz CT molecular complexity index is 754. The molecule has 118 valence electrons. The number of aromatic nitrogens is 4. The summed E-state index contributed by atoms with van der Waals surface area (Å²) in [6.07, 6.45) is 6.35. The predicted octanol–water partition coefficient (Wildman–Crippen LogP) is 0.999. The fourth-order valence-corrected chi connectivity index (χ4v) is 3.62. The van der Waals surface area contributed by atoms with Gasteiger partial charge in [0, 0.05) is 25.0 Å². The summed E-state index contributed by atoms with van der Waals surface area (Å²) in [6.45, 7) is 3.11. The average Bonchev–Trinajstić information content (AvgIpc) is 3.08. The Morgan fingerprint density at radius 2 is 2.14 bits per heavy atom. The molecule has 1 N–H and O–H groups in total. The van der Waals surface area contributed by atoms with Gasteiger partial charge in [-0.05, 0) is 31.7 Å². The lowest BCUT2D eigenvalue weighted by Gasteiger charge is -2.13. The van der Waals surface area contributed by atoms with Crippen LogP contribution in [0.25, 0.3) is 11.4 Å². The van der Waals surface area contributed by atoms with Crippen LogP contribution in [-0.4, -0.2) is 52.2 Å². The van der Waals surface area contributed by atoms with Crippen molar-refractivity contribution in [1.82, 2.24) is 24.5 Å². The van der Waals surface area contributed by atoms with Gasteiger partial charge in [-0.3, -0.25) is 15.1 Å². The minimum atomic E-state index is -3.08. The SMILES string of the molecule is Cc1cc(-c2cnc(C[C@H]3CCN(S(C)(=O)=O)C3)cn2)n[nH]1. The first-order chi connectivity index (χ1) is 10.4. The van der Waals surface area contributed by atoms with E-state index in [4.69, 9.17) is 0 Å². The van der Waals surface area contributed by atoms with Crippen molar-refractivity contribution in [2.24, 2.45) is 5.92 Å². The van der Waals surface area contributed by atoms with Crippen LogP contribution in [0.5, 0.6) is 0 Å². The van der Waals surface area contributed by atoms with Gasteiger partial charge >= 0.3 is 0 Å². The summed E-state index contributed by atoms with van der Waals surface area (Å²) in [5, 5.41) is 7.03. The van der Waals surface area contributed by atoms with Gasteiger partial charge in [-0.15, -0.1) is 0 Å². The highest BCUT2D eigenvalue weighted by molar-refractivity contribution is 7.88. The van der Waals surface area contributed by atoms with Crippen molar-refractivity contribution in [3.63, 3.8) is 0 Å². The third-order valence-electron chi connectivity index (χ3n) is 3.89. The van der Waals surface area contributed by atoms with E-state index in [2.05, 4.69) is 20.2 Å². The average molecular weight is 321 g/mol. The molecule has 0 saturated carbocycles. The molecule has 1 aliphatic rings. The van der Waals surface area contributed by atoms with E-state index < -0.39 is 10.0 Å². The Morgan fingerprint density at radius 3 is 2.68 bits per heavy atom. The van der Waals surface area contributed by atoms with Gasteiger partial charge in [0.2, 0.25) is 10.0 Å². The van der Waals surface area contributed by atoms with Gasteiger partial charge in [0.25, 0.3) is 0 Å². The van der Waals surface area contributed by atoms with Gasteiger partial charge in [0.15, 0.2) is 0 Å². The number of aryl methyl sites for hydroxylation is 1. The van der Waals surface area contributed by atoms with E-state index in [9.17, 15) is 8.42 Å². The molecule has 0 spiro atoms. The standard InChI is InChI=1S/C14H19N5O2S/c1-10-5-13(18-17-10)14-8-15-12(7-16-14)6-11-3-4-19(9-11)22(2,20)21/h5,7-8,11H,3-4,6,9H2,1-2H3,(H,17,18)/t11-/m1/s1. The highest BCUT2D eigenvalue weighted by Gasteiger charge is 2.28. The molecule has 0 amide bonds. The molecule has 22 heavy (non-hydrogen) atoms. The summed E-state index contributed by atoms with van der Waals surface area (Å²) in [7, 11) is -3.08. The molecule has 2 aromatic heterocycles.